The van der Waals surface area contributed by atoms with Gasteiger partial charge in [0.1, 0.15) is 11.5 Å². The van der Waals surface area contributed by atoms with E-state index in [-0.39, 0.29) is 0 Å². The molecule has 1 aliphatic heterocycles. The average molecular weight is 404 g/mol. The summed E-state index contributed by atoms with van der Waals surface area (Å²) >= 11 is 0. The van der Waals surface area contributed by atoms with Gasteiger partial charge in [0.05, 0.1) is 5.69 Å². The van der Waals surface area contributed by atoms with Crippen molar-refractivity contribution in [1.29, 1.82) is 0 Å². The van der Waals surface area contributed by atoms with Crippen LogP contribution in [0.5, 0.6) is 0 Å². The Labute approximate surface area is 178 Å². The van der Waals surface area contributed by atoms with Crippen molar-refractivity contribution in [3.8, 4) is 11.5 Å². The Morgan fingerprint density at radius 3 is 2.73 bits per heavy atom. The molecule has 30 heavy (non-hydrogen) atoms. The molecule has 6 nitrogen and oxygen atoms in total. The summed E-state index contributed by atoms with van der Waals surface area (Å²) in [7, 11) is 1.73. The van der Waals surface area contributed by atoms with Gasteiger partial charge in [0.2, 0.25) is 0 Å². The van der Waals surface area contributed by atoms with Gasteiger partial charge in [-0.25, -0.2) is 9.97 Å². The van der Waals surface area contributed by atoms with E-state index in [1.54, 1.807) is 13.3 Å². The van der Waals surface area contributed by atoms with Crippen LogP contribution in [0.25, 0.3) is 11.5 Å². The molecular weight excluding hydrogens is 374 g/mol. The highest BCUT2D eigenvalue weighted by Crippen LogP contribution is 2.27. The van der Waals surface area contributed by atoms with Crippen molar-refractivity contribution in [2.75, 3.05) is 32.1 Å². The molecule has 156 valence electrons. The summed E-state index contributed by atoms with van der Waals surface area (Å²) in [4.78, 5) is 16.7. The first-order valence-corrected chi connectivity index (χ1v) is 10.5. The number of benzene rings is 1. The highest BCUT2D eigenvalue weighted by atomic mass is 16.5. The maximum atomic E-state index is 5.17. The van der Waals surface area contributed by atoms with Gasteiger partial charge in [-0.15, -0.1) is 0 Å². The van der Waals surface area contributed by atoms with Crippen molar-refractivity contribution < 1.29 is 4.74 Å². The number of aromatic nitrogens is 3. The molecular formula is C24H29N5O. The molecule has 1 N–H and O–H groups in total. The average Bonchev–Trinajstić information content (AvgIpc) is 2.78. The smallest absolute Gasteiger partial charge is 0.180 e. The second-order valence-corrected chi connectivity index (χ2v) is 7.76. The normalized spacial score (nSPS) is 13.8. The number of ether oxygens (including phenoxy) is 1. The van der Waals surface area contributed by atoms with E-state index in [1.165, 1.54) is 16.7 Å². The van der Waals surface area contributed by atoms with E-state index in [9.17, 15) is 0 Å². The van der Waals surface area contributed by atoms with E-state index in [0.717, 1.165) is 62.8 Å². The summed E-state index contributed by atoms with van der Waals surface area (Å²) in [6, 6.07) is 14.6. The fourth-order valence-corrected chi connectivity index (χ4v) is 3.75. The Bertz CT molecular complexity index is 959. The Morgan fingerprint density at radius 2 is 1.97 bits per heavy atom. The Balaban J connectivity index is 1.58. The van der Waals surface area contributed by atoms with Crippen LogP contribution in [0.4, 0.5) is 5.82 Å². The molecule has 0 amide bonds. The minimum Gasteiger partial charge on any atom is -0.385 e. The quantitative estimate of drug-likeness (QED) is 0.577. The van der Waals surface area contributed by atoms with Gasteiger partial charge in [0.15, 0.2) is 5.82 Å². The highest BCUT2D eigenvalue weighted by molar-refractivity contribution is 5.57. The zero-order chi connectivity index (χ0) is 20.8. The Kier molecular flexibility index (Phi) is 6.67. The summed E-state index contributed by atoms with van der Waals surface area (Å²) in [5.41, 5.74) is 5.75. The van der Waals surface area contributed by atoms with Crippen molar-refractivity contribution in [3.63, 3.8) is 0 Å². The van der Waals surface area contributed by atoms with E-state index in [4.69, 9.17) is 14.7 Å². The van der Waals surface area contributed by atoms with Crippen LogP contribution in [-0.4, -0.2) is 46.7 Å². The van der Waals surface area contributed by atoms with Gasteiger partial charge in [0, 0.05) is 51.7 Å². The minimum atomic E-state index is 0.681. The third-order valence-corrected chi connectivity index (χ3v) is 5.38. The van der Waals surface area contributed by atoms with Gasteiger partial charge in [0.25, 0.3) is 0 Å². The molecule has 4 rings (SSSR count). The van der Waals surface area contributed by atoms with Crippen LogP contribution in [0.15, 0.2) is 48.7 Å². The van der Waals surface area contributed by atoms with Crippen molar-refractivity contribution in [1.82, 2.24) is 19.9 Å². The molecule has 0 radical (unpaired) electrons. The molecule has 0 unspecified atom stereocenters. The SMILES string of the molecule is COCCCNc1nc(-c2ccccn2)nc2c1CCN(Cc1ccc(C)cc1)C2. The van der Waals surface area contributed by atoms with Crippen LogP contribution in [-0.2, 0) is 24.2 Å². The number of fused-ring (bicyclic) bond motifs is 1. The molecule has 1 aliphatic rings. The van der Waals surface area contributed by atoms with E-state index < -0.39 is 0 Å². The van der Waals surface area contributed by atoms with Crippen LogP contribution >= 0.6 is 0 Å². The zero-order valence-corrected chi connectivity index (χ0v) is 17.8. The van der Waals surface area contributed by atoms with Crippen molar-refractivity contribution in [2.24, 2.45) is 0 Å². The van der Waals surface area contributed by atoms with Crippen LogP contribution in [0.3, 0.4) is 0 Å². The number of anilines is 1. The zero-order valence-electron chi connectivity index (χ0n) is 17.8. The minimum absolute atomic E-state index is 0.681. The molecule has 0 saturated carbocycles. The molecule has 0 fully saturated rings. The number of nitrogens with one attached hydrogen (secondary N) is 1. The lowest BCUT2D eigenvalue weighted by Gasteiger charge is -2.29. The van der Waals surface area contributed by atoms with Crippen LogP contribution in [0.1, 0.15) is 28.8 Å². The lowest BCUT2D eigenvalue weighted by atomic mass is 10.0. The summed E-state index contributed by atoms with van der Waals surface area (Å²) in [5, 5.41) is 3.51. The molecule has 0 atom stereocenters. The van der Waals surface area contributed by atoms with E-state index in [2.05, 4.69) is 46.4 Å². The number of hydrogen-bond donors (Lipinski definition) is 1. The van der Waals surface area contributed by atoms with E-state index >= 15 is 0 Å². The number of nitrogens with zero attached hydrogens (tertiary/aromatic N) is 4. The number of rotatable bonds is 8. The lowest BCUT2D eigenvalue weighted by Crippen LogP contribution is -2.32. The summed E-state index contributed by atoms with van der Waals surface area (Å²) in [6.45, 7) is 6.43. The first-order chi connectivity index (χ1) is 14.7. The van der Waals surface area contributed by atoms with Crippen molar-refractivity contribution >= 4 is 5.82 Å². The van der Waals surface area contributed by atoms with Crippen LogP contribution in [0.2, 0.25) is 0 Å². The largest absolute Gasteiger partial charge is 0.385 e. The number of hydrogen-bond acceptors (Lipinski definition) is 6. The predicted octanol–water partition coefficient (Wildman–Crippen LogP) is 3.85. The fraction of sp³-hybridized carbons (Fsp3) is 0.375. The van der Waals surface area contributed by atoms with E-state index in [1.807, 2.05) is 18.2 Å². The molecule has 1 aromatic carbocycles. The molecule has 6 heteroatoms. The number of pyridine rings is 1. The van der Waals surface area contributed by atoms with Gasteiger partial charge in [-0.05, 0) is 37.5 Å². The maximum Gasteiger partial charge on any atom is 0.180 e. The van der Waals surface area contributed by atoms with Crippen molar-refractivity contribution in [2.45, 2.75) is 32.9 Å². The Hall–Kier alpha value is -2.83. The van der Waals surface area contributed by atoms with Gasteiger partial charge in [-0.2, -0.15) is 0 Å². The third-order valence-electron chi connectivity index (χ3n) is 5.38. The summed E-state index contributed by atoms with van der Waals surface area (Å²) < 4.78 is 5.17. The highest BCUT2D eigenvalue weighted by Gasteiger charge is 2.23. The topological polar surface area (TPSA) is 63.2 Å². The Morgan fingerprint density at radius 1 is 1.10 bits per heavy atom. The fourth-order valence-electron chi connectivity index (χ4n) is 3.75. The molecule has 0 spiro atoms. The second kappa shape index (κ2) is 9.78. The maximum absolute atomic E-state index is 5.17. The molecule has 0 aliphatic carbocycles. The van der Waals surface area contributed by atoms with Gasteiger partial charge in [-0.1, -0.05) is 35.9 Å². The van der Waals surface area contributed by atoms with Crippen molar-refractivity contribution in [3.05, 3.63) is 71.0 Å². The first-order valence-electron chi connectivity index (χ1n) is 10.5. The molecule has 3 heterocycles. The van der Waals surface area contributed by atoms with Crippen LogP contribution in [0, 0.1) is 6.92 Å². The van der Waals surface area contributed by atoms with Gasteiger partial charge >= 0.3 is 0 Å². The molecule has 0 saturated heterocycles. The summed E-state index contributed by atoms with van der Waals surface area (Å²) in [6.07, 6.45) is 3.66. The van der Waals surface area contributed by atoms with Gasteiger partial charge < -0.3 is 10.1 Å². The third kappa shape index (κ3) is 5.01. The monoisotopic (exact) mass is 403 g/mol. The molecule has 0 bridgehead atoms. The molecule has 2 aromatic heterocycles. The van der Waals surface area contributed by atoms with Crippen LogP contribution < -0.4 is 5.32 Å². The second-order valence-electron chi connectivity index (χ2n) is 7.76. The molecule has 3 aromatic rings. The standard InChI is InChI=1S/C24H29N5O/c1-18-7-9-19(10-8-18)16-29-14-11-20-22(17-29)27-24(21-6-3-4-12-25-21)28-23(20)26-13-5-15-30-2/h3-4,6-10,12H,5,11,13-17H2,1-2H3,(H,26,27,28). The lowest BCUT2D eigenvalue weighted by molar-refractivity contribution is 0.197. The number of methoxy groups -OCH3 is 1. The van der Waals surface area contributed by atoms with E-state index in [0.29, 0.717) is 5.82 Å². The predicted molar refractivity (Wildman–Crippen MR) is 119 cm³/mol. The first kappa shape index (κ1) is 20.4. The summed E-state index contributed by atoms with van der Waals surface area (Å²) in [5.74, 6) is 1.62. The van der Waals surface area contributed by atoms with Gasteiger partial charge in [-0.3, -0.25) is 9.88 Å². The number of aryl methyl sites for hydroxylation is 1.